The van der Waals surface area contributed by atoms with E-state index in [2.05, 4.69) is 5.32 Å². The van der Waals surface area contributed by atoms with E-state index < -0.39 is 23.7 Å². The number of hydrogen-bond donors (Lipinski definition) is 2. The van der Waals surface area contributed by atoms with Gasteiger partial charge in [-0.05, 0) is 0 Å². The monoisotopic (exact) mass is 215 g/mol. The number of halogens is 2. The van der Waals surface area contributed by atoms with Crippen LogP contribution in [0, 0.1) is 11.6 Å². The Balaban J connectivity index is 2.34. The van der Waals surface area contributed by atoms with Crippen molar-refractivity contribution in [2.45, 2.75) is 6.10 Å². The summed E-state index contributed by atoms with van der Waals surface area (Å²) in [6.45, 7) is 0.0212. The molecule has 0 spiro atoms. The predicted molar refractivity (Wildman–Crippen MR) is 46.9 cm³/mol. The number of rotatable bonds is 1. The highest BCUT2D eigenvalue weighted by atomic mass is 19.2. The molecule has 1 heterocycles. The number of aliphatic carboxylic acids is 1. The largest absolute Gasteiger partial charge is 0.478 e. The van der Waals surface area contributed by atoms with Crippen molar-refractivity contribution >= 4 is 11.7 Å². The molecule has 0 aliphatic carbocycles. The second-order valence-electron chi connectivity index (χ2n) is 3.09. The lowest BCUT2D eigenvalue weighted by molar-refractivity contribution is -0.144. The lowest BCUT2D eigenvalue weighted by Gasteiger charge is -2.24. The number of ether oxygens (including phenoxy) is 1. The quantitative estimate of drug-likeness (QED) is 0.739. The number of carboxylic acids is 1. The maximum atomic E-state index is 12.8. The normalized spacial score (nSPS) is 18.7. The number of anilines is 1. The van der Waals surface area contributed by atoms with E-state index in [0.29, 0.717) is 0 Å². The van der Waals surface area contributed by atoms with Crippen LogP contribution in [-0.4, -0.2) is 23.7 Å². The molecule has 15 heavy (non-hydrogen) atoms. The van der Waals surface area contributed by atoms with Crippen molar-refractivity contribution in [1.29, 1.82) is 0 Å². The molecule has 0 saturated carbocycles. The maximum Gasteiger partial charge on any atom is 0.346 e. The molecule has 0 bridgehead atoms. The van der Waals surface area contributed by atoms with E-state index in [0.717, 1.165) is 12.1 Å². The van der Waals surface area contributed by atoms with Crippen LogP contribution >= 0.6 is 0 Å². The Morgan fingerprint density at radius 3 is 2.80 bits per heavy atom. The Bertz CT molecular complexity index is 422. The Morgan fingerprint density at radius 2 is 2.13 bits per heavy atom. The molecule has 80 valence electrons. The second-order valence-corrected chi connectivity index (χ2v) is 3.09. The fourth-order valence-corrected chi connectivity index (χ4v) is 1.30. The van der Waals surface area contributed by atoms with Crippen molar-refractivity contribution in [3.05, 3.63) is 23.8 Å². The van der Waals surface area contributed by atoms with Crippen molar-refractivity contribution in [2.75, 3.05) is 11.9 Å². The van der Waals surface area contributed by atoms with Crippen molar-refractivity contribution in [2.24, 2.45) is 0 Å². The Labute approximate surface area is 83.5 Å². The molecule has 1 atom stereocenters. The molecule has 6 heteroatoms. The van der Waals surface area contributed by atoms with E-state index >= 15 is 0 Å². The third-order valence-corrected chi connectivity index (χ3v) is 2.05. The Morgan fingerprint density at radius 1 is 1.47 bits per heavy atom. The fraction of sp³-hybridized carbons (Fsp3) is 0.222. The van der Waals surface area contributed by atoms with E-state index in [-0.39, 0.29) is 18.0 Å². The van der Waals surface area contributed by atoms with Gasteiger partial charge in [0, 0.05) is 12.1 Å². The van der Waals surface area contributed by atoms with Gasteiger partial charge in [0.2, 0.25) is 6.10 Å². The molecule has 1 unspecified atom stereocenters. The molecule has 0 amide bonds. The van der Waals surface area contributed by atoms with Gasteiger partial charge in [-0.3, -0.25) is 0 Å². The van der Waals surface area contributed by atoms with E-state index in [1.807, 2.05) is 0 Å². The van der Waals surface area contributed by atoms with Crippen LogP contribution in [0.2, 0.25) is 0 Å². The van der Waals surface area contributed by atoms with Crippen molar-refractivity contribution in [3.63, 3.8) is 0 Å². The summed E-state index contributed by atoms with van der Waals surface area (Å²) in [4.78, 5) is 10.6. The summed E-state index contributed by atoms with van der Waals surface area (Å²) in [7, 11) is 0. The maximum absolute atomic E-state index is 12.8. The van der Waals surface area contributed by atoms with Crippen molar-refractivity contribution in [1.82, 2.24) is 0 Å². The molecule has 0 radical (unpaired) electrons. The van der Waals surface area contributed by atoms with Gasteiger partial charge in [0.25, 0.3) is 0 Å². The molecular weight excluding hydrogens is 208 g/mol. The van der Waals surface area contributed by atoms with Gasteiger partial charge < -0.3 is 15.2 Å². The molecule has 1 aromatic carbocycles. The van der Waals surface area contributed by atoms with Gasteiger partial charge in [-0.2, -0.15) is 0 Å². The SMILES string of the molecule is O=C(O)C1CNc2cc(F)c(F)cc2O1. The van der Waals surface area contributed by atoms with E-state index in [1.54, 1.807) is 0 Å². The van der Waals surface area contributed by atoms with Crippen molar-refractivity contribution < 1.29 is 23.4 Å². The molecule has 1 aliphatic heterocycles. The molecule has 2 rings (SSSR count). The zero-order valence-corrected chi connectivity index (χ0v) is 7.46. The van der Waals surface area contributed by atoms with Gasteiger partial charge in [-0.25, -0.2) is 13.6 Å². The summed E-state index contributed by atoms with van der Waals surface area (Å²) < 4.78 is 30.5. The lowest BCUT2D eigenvalue weighted by Crippen LogP contribution is -2.37. The highest BCUT2D eigenvalue weighted by Gasteiger charge is 2.26. The third-order valence-electron chi connectivity index (χ3n) is 2.05. The first-order chi connectivity index (χ1) is 7.08. The van der Waals surface area contributed by atoms with Crippen LogP contribution in [0.3, 0.4) is 0 Å². The summed E-state index contributed by atoms with van der Waals surface area (Å²) in [6, 6.07) is 1.76. The molecule has 1 aliphatic rings. The summed E-state index contributed by atoms with van der Waals surface area (Å²) in [5.41, 5.74) is 0.256. The average Bonchev–Trinajstić information content (AvgIpc) is 2.19. The van der Waals surface area contributed by atoms with Crippen LogP contribution in [0.25, 0.3) is 0 Å². The summed E-state index contributed by atoms with van der Waals surface area (Å²) in [6.07, 6.45) is -1.08. The minimum Gasteiger partial charge on any atom is -0.478 e. The molecule has 0 saturated heterocycles. The van der Waals surface area contributed by atoms with Gasteiger partial charge >= 0.3 is 5.97 Å². The first kappa shape index (κ1) is 9.70. The highest BCUT2D eigenvalue weighted by molar-refractivity contribution is 5.75. The summed E-state index contributed by atoms with van der Waals surface area (Å²) >= 11 is 0. The molecule has 4 nitrogen and oxygen atoms in total. The van der Waals surface area contributed by atoms with E-state index in [9.17, 15) is 13.6 Å². The van der Waals surface area contributed by atoms with Crippen LogP contribution in [0.15, 0.2) is 12.1 Å². The summed E-state index contributed by atoms with van der Waals surface area (Å²) in [5, 5.41) is 11.3. The molecular formula is C9H7F2NO3. The highest BCUT2D eigenvalue weighted by Crippen LogP contribution is 2.31. The van der Waals surface area contributed by atoms with Crippen LogP contribution in [0.5, 0.6) is 5.75 Å². The first-order valence-corrected chi connectivity index (χ1v) is 4.20. The van der Waals surface area contributed by atoms with Gasteiger partial charge in [-0.1, -0.05) is 0 Å². The Hall–Kier alpha value is -1.85. The van der Waals surface area contributed by atoms with E-state index in [4.69, 9.17) is 9.84 Å². The minimum absolute atomic E-state index is 0.00699. The number of hydrogen-bond acceptors (Lipinski definition) is 3. The molecule has 2 N–H and O–H groups in total. The zero-order valence-electron chi connectivity index (χ0n) is 7.46. The number of fused-ring (bicyclic) bond motifs is 1. The summed E-state index contributed by atoms with van der Waals surface area (Å²) in [5.74, 6) is -3.22. The molecule has 0 fully saturated rings. The predicted octanol–water partition coefficient (Wildman–Crippen LogP) is 1.22. The standard InChI is InChI=1S/C9H7F2NO3/c10-4-1-6-7(2-5(4)11)15-8(3-12-6)9(13)14/h1-2,8,12H,3H2,(H,13,14). The van der Waals surface area contributed by atoms with Crippen molar-refractivity contribution in [3.8, 4) is 5.75 Å². The number of nitrogens with one attached hydrogen (secondary N) is 1. The number of carbonyl (C=O) groups is 1. The second kappa shape index (κ2) is 3.38. The topological polar surface area (TPSA) is 58.6 Å². The van der Waals surface area contributed by atoms with Crippen LogP contribution < -0.4 is 10.1 Å². The van der Waals surface area contributed by atoms with Crippen LogP contribution in [-0.2, 0) is 4.79 Å². The Kier molecular flexibility index (Phi) is 2.18. The smallest absolute Gasteiger partial charge is 0.346 e. The van der Waals surface area contributed by atoms with Gasteiger partial charge in [0.05, 0.1) is 12.2 Å². The van der Waals surface area contributed by atoms with Gasteiger partial charge in [-0.15, -0.1) is 0 Å². The number of benzene rings is 1. The molecule has 1 aromatic rings. The number of carboxylic acid groups (broad SMARTS) is 1. The minimum atomic E-state index is -1.15. The fourth-order valence-electron chi connectivity index (χ4n) is 1.30. The van der Waals surface area contributed by atoms with Crippen LogP contribution in [0.4, 0.5) is 14.5 Å². The lowest BCUT2D eigenvalue weighted by atomic mass is 10.2. The van der Waals surface area contributed by atoms with Crippen LogP contribution in [0.1, 0.15) is 0 Å². The molecule has 0 aromatic heterocycles. The van der Waals surface area contributed by atoms with Gasteiger partial charge in [0.15, 0.2) is 11.6 Å². The van der Waals surface area contributed by atoms with E-state index in [1.165, 1.54) is 0 Å². The van der Waals surface area contributed by atoms with Gasteiger partial charge in [0.1, 0.15) is 5.75 Å². The third kappa shape index (κ3) is 1.70. The first-order valence-electron chi connectivity index (χ1n) is 4.20. The average molecular weight is 215 g/mol. The zero-order chi connectivity index (χ0) is 11.0.